The first-order chi connectivity index (χ1) is 24.7. The Morgan fingerprint density at radius 2 is 1.53 bits per heavy atom. The molecule has 0 radical (unpaired) electrons. The molecular weight excluding hydrogens is 671 g/mol. The van der Waals surface area contributed by atoms with E-state index in [0.29, 0.717) is 40.4 Å². The lowest BCUT2D eigenvalue weighted by atomic mass is 9.83. The standard InChI is InChI=1S/C42H55N5O2S2/c1-7-29(4)21-23-33-16-10-12-18-35(33)26-38(48)44-41(43-31(6)9-3)50-28-32-15-14-20-37(25-32)40-46-47-42(51-40)45-39(49)27-36-19-13-11-17-34(36)24-22-30(5)8-2/h10-13,16-19,21-24,29-30,32,37H,6-9,14-15,20,25-28H2,1-5H3,(H,43,44,48)(H,45,47,49). The molecule has 0 aliphatic heterocycles. The maximum atomic E-state index is 13.3. The Kier molecular flexibility index (Phi) is 16.4. The van der Waals surface area contributed by atoms with Gasteiger partial charge in [0.2, 0.25) is 16.9 Å². The topological polar surface area (TPSA) is 96.3 Å². The number of hydrogen-bond acceptors (Lipinski definition) is 7. The van der Waals surface area contributed by atoms with E-state index in [9.17, 15) is 9.59 Å². The normalized spacial score (nSPS) is 17.8. The molecule has 4 atom stereocenters. The number of aliphatic imine (C=N–C) groups is 1. The highest BCUT2D eigenvalue weighted by Gasteiger charge is 2.27. The lowest BCUT2D eigenvalue weighted by molar-refractivity contribution is -0.119. The van der Waals surface area contributed by atoms with Crippen LogP contribution in [0.15, 0.2) is 78.0 Å². The summed E-state index contributed by atoms with van der Waals surface area (Å²) in [4.78, 5) is 31.0. The van der Waals surface area contributed by atoms with Crippen LogP contribution in [0.4, 0.5) is 5.13 Å². The zero-order valence-corrected chi connectivity index (χ0v) is 32.6. The Morgan fingerprint density at radius 1 is 0.922 bits per heavy atom. The van der Waals surface area contributed by atoms with Crippen LogP contribution < -0.4 is 10.6 Å². The highest BCUT2D eigenvalue weighted by molar-refractivity contribution is 8.13. The van der Waals surface area contributed by atoms with Gasteiger partial charge in [-0.2, -0.15) is 0 Å². The second-order valence-electron chi connectivity index (χ2n) is 13.7. The molecule has 1 saturated carbocycles. The molecule has 0 bridgehead atoms. The van der Waals surface area contributed by atoms with Gasteiger partial charge >= 0.3 is 0 Å². The SMILES string of the molecule is C=C(CC)N=C(NC(=O)Cc1ccccc1C=CC(C)CC)SCC1CCCC(c2nnc(NC(=O)Cc3ccccc3C=CC(C)CC)s2)C1. The van der Waals surface area contributed by atoms with Gasteiger partial charge < -0.3 is 10.6 Å². The van der Waals surface area contributed by atoms with Crippen LogP contribution in [0.2, 0.25) is 0 Å². The number of amidine groups is 1. The van der Waals surface area contributed by atoms with E-state index in [2.05, 4.69) is 91.5 Å². The minimum atomic E-state index is -0.0893. The maximum absolute atomic E-state index is 13.3. The monoisotopic (exact) mass is 725 g/mol. The molecule has 7 nitrogen and oxygen atoms in total. The predicted octanol–water partition coefficient (Wildman–Crippen LogP) is 10.5. The smallest absolute Gasteiger partial charge is 0.230 e. The molecule has 51 heavy (non-hydrogen) atoms. The van der Waals surface area contributed by atoms with Crippen molar-refractivity contribution in [3.05, 3.63) is 100 Å². The van der Waals surface area contributed by atoms with E-state index in [1.165, 1.54) is 11.3 Å². The van der Waals surface area contributed by atoms with Crippen LogP contribution >= 0.6 is 23.1 Å². The third-order valence-electron chi connectivity index (χ3n) is 9.50. The Labute approximate surface area is 313 Å². The van der Waals surface area contributed by atoms with E-state index < -0.39 is 0 Å². The molecule has 272 valence electrons. The lowest BCUT2D eigenvalue weighted by Crippen LogP contribution is -2.31. The summed E-state index contributed by atoms with van der Waals surface area (Å²) < 4.78 is 0. The number of allylic oxidation sites excluding steroid dienone is 3. The van der Waals surface area contributed by atoms with Crippen LogP contribution in [-0.2, 0) is 22.4 Å². The molecule has 0 saturated heterocycles. The van der Waals surface area contributed by atoms with Gasteiger partial charge in [-0.1, -0.05) is 156 Å². The third-order valence-corrected chi connectivity index (χ3v) is 11.6. The fourth-order valence-corrected chi connectivity index (χ4v) is 7.81. The van der Waals surface area contributed by atoms with Gasteiger partial charge in [-0.25, -0.2) is 4.99 Å². The number of benzene rings is 2. The van der Waals surface area contributed by atoms with E-state index in [4.69, 9.17) is 4.99 Å². The molecule has 9 heteroatoms. The number of hydrogen-bond donors (Lipinski definition) is 2. The number of carbonyl (C=O) groups is 2. The van der Waals surface area contributed by atoms with Crippen molar-refractivity contribution in [2.75, 3.05) is 11.1 Å². The summed E-state index contributed by atoms with van der Waals surface area (Å²) in [5.74, 6) is 2.38. The average Bonchev–Trinajstić information content (AvgIpc) is 3.61. The van der Waals surface area contributed by atoms with Crippen LogP contribution in [-0.4, -0.2) is 32.9 Å². The number of rotatable bonds is 16. The molecule has 4 unspecified atom stereocenters. The zero-order chi connectivity index (χ0) is 36.6. The van der Waals surface area contributed by atoms with Crippen molar-refractivity contribution in [2.24, 2.45) is 22.7 Å². The number of nitrogens with zero attached hydrogens (tertiary/aromatic N) is 3. The molecule has 3 aromatic rings. The van der Waals surface area contributed by atoms with Gasteiger partial charge in [-0.15, -0.1) is 10.2 Å². The zero-order valence-electron chi connectivity index (χ0n) is 31.0. The molecule has 1 aliphatic rings. The van der Waals surface area contributed by atoms with Crippen LogP contribution in [0.5, 0.6) is 0 Å². The highest BCUT2D eigenvalue weighted by atomic mass is 32.2. The van der Waals surface area contributed by atoms with Crippen molar-refractivity contribution in [1.29, 1.82) is 0 Å². The fourth-order valence-electron chi connectivity index (χ4n) is 5.83. The number of amides is 2. The molecule has 1 heterocycles. The molecule has 2 aromatic carbocycles. The molecule has 2 amide bonds. The van der Waals surface area contributed by atoms with Gasteiger partial charge in [0, 0.05) is 17.4 Å². The van der Waals surface area contributed by atoms with E-state index in [-0.39, 0.29) is 24.7 Å². The quantitative estimate of drug-likeness (QED) is 0.113. The van der Waals surface area contributed by atoms with Crippen molar-refractivity contribution in [1.82, 2.24) is 15.5 Å². The molecule has 1 aliphatic carbocycles. The maximum Gasteiger partial charge on any atom is 0.230 e. The number of carbonyl (C=O) groups excluding carboxylic acids is 2. The first-order valence-corrected chi connectivity index (χ1v) is 20.3. The van der Waals surface area contributed by atoms with E-state index in [0.717, 1.165) is 77.2 Å². The average molecular weight is 726 g/mol. The second-order valence-corrected chi connectivity index (χ2v) is 15.7. The summed E-state index contributed by atoms with van der Waals surface area (Å²) in [6.07, 6.45) is 16.3. The summed E-state index contributed by atoms with van der Waals surface area (Å²) in [7, 11) is 0. The Bertz CT molecular complexity index is 1690. The molecular formula is C42H55N5O2S2. The Balaban J connectivity index is 1.32. The van der Waals surface area contributed by atoms with Crippen molar-refractivity contribution >= 4 is 57.4 Å². The molecule has 0 spiro atoms. The lowest BCUT2D eigenvalue weighted by Gasteiger charge is -2.27. The van der Waals surface area contributed by atoms with Gasteiger partial charge in [0.25, 0.3) is 0 Å². The number of thioether (sulfide) groups is 1. The van der Waals surface area contributed by atoms with Crippen molar-refractivity contribution in [2.45, 2.75) is 98.3 Å². The highest BCUT2D eigenvalue weighted by Crippen LogP contribution is 2.39. The van der Waals surface area contributed by atoms with Crippen molar-refractivity contribution < 1.29 is 9.59 Å². The number of anilines is 1. The van der Waals surface area contributed by atoms with Gasteiger partial charge in [-0.05, 0) is 65.7 Å². The second kappa shape index (κ2) is 20.9. The summed E-state index contributed by atoms with van der Waals surface area (Å²) in [6.45, 7) is 14.8. The van der Waals surface area contributed by atoms with Gasteiger partial charge in [-0.3, -0.25) is 9.59 Å². The molecule has 4 rings (SSSR count). The first-order valence-electron chi connectivity index (χ1n) is 18.5. The van der Waals surface area contributed by atoms with E-state index in [1.807, 2.05) is 43.3 Å². The largest absolute Gasteiger partial charge is 0.305 e. The van der Waals surface area contributed by atoms with Crippen LogP contribution in [0, 0.1) is 17.8 Å². The van der Waals surface area contributed by atoms with Crippen LogP contribution in [0.3, 0.4) is 0 Å². The summed E-state index contributed by atoms with van der Waals surface area (Å²) >= 11 is 3.08. The Morgan fingerprint density at radius 3 is 2.14 bits per heavy atom. The van der Waals surface area contributed by atoms with Crippen molar-refractivity contribution in [3.63, 3.8) is 0 Å². The number of aromatic nitrogens is 2. The van der Waals surface area contributed by atoms with E-state index >= 15 is 0 Å². The molecule has 2 N–H and O–H groups in total. The van der Waals surface area contributed by atoms with Crippen molar-refractivity contribution in [3.8, 4) is 0 Å². The Hall–Kier alpha value is -3.82. The summed E-state index contributed by atoms with van der Waals surface area (Å²) in [5.41, 5.74) is 4.87. The minimum absolute atomic E-state index is 0.0782. The van der Waals surface area contributed by atoms with Crippen LogP contribution in [0.1, 0.15) is 113 Å². The number of nitrogens with one attached hydrogen (secondary N) is 2. The van der Waals surface area contributed by atoms with E-state index in [1.54, 1.807) is 11.8 Å². The molecule has 1 aromatic heterocycles. The molecule has 1 fully saturated rings. The summed E-state index contributed by atoms with van der Waals surface area (Å²) in [5, 5.41) is 17.1. The van der Waals surface area contributed by atoms with Gasteiger partial charge in [0.15, 0.2) is 5.17 Å². The third kappa shape index (κ3) is 13.3. The van der Waals surface area contributed by atoms with Gasteiger partial charge in [0.1, 0.15) is 5.01 Å². The van der Waals surface area contributed by atoms with Crippen LogP contribution in [0.25, 0.3) is 12.2 Å². The summed E-state index contributed by atoms with van der Waals surface area (Å²) in [6, 6.07) is 16.1. The first kappa shape index (κ1) is 40.0. The minimum Gasteiger partial charge on any atom is -0.305 e. The predicted molar refractivity (Wildman–Crippen MR) is 218 cm³/mol. The fraction of sp³-hybridized carbons (Fsp3) is 0.452. The van der Waals surface area contributed by atoms with Gasteiger partial charge in [0.05, 0.1) is 12.8 Å².